The van der Waals surface area contributed by atoms with Gasteiger partial charge in [0.2, 0.25) is 0 Å². The molecular formula is C13H10F2O. The second kappa shape index (κ2) is 4.31. The number of ether oxygens (including phenoxy) is 1. The summed E-state index contributed by atoms with van der Waals surface area (Å²) in [6.07, 6.45) is 0. The average Bonchev–Trinajstić information content (AvgIpc) is 2.27. The van der Waals surface area contributed by atoms with Gasteiger partial charge in [-0.2, -0.15) is 0 Å². The van der Waals surface area contributed by atoms with E-state index in [0.29, 0.717) is 5.75 Å². The van der Waals surface area contributed by atoms with Crippen molar-refractivity contribution in [3.8, 4) is 11.5 Å². The molecule has 0 atom stereocenters. The Morgan fingerprint density at radius 3 is 2.31 bits per heavy atom. The molecule has 16 heavy (non-hydrogen) atoms. The summed E-state index contributed by atoms with van der Waals surface area (Å²) >= 11 is 0. The number of hydrogen-bond donors (Lipinski definition) is 0. The maximum atomic E-state index is 13.4. The Labute approximate surface area is 92.3 Å². The Bertz CT molecular complexity index is 495. The highest BCUT2D eigenvalue weighted by Crippen LogP contribution is 2.26. The normalized spacial score (nSPS) is 10.2. The zero-order chi connectivity index (χ0) is 11.5. The van der Waals surface area contributed by atoms with Crippen LogP contribution in [0.5, 0.6) is 11.5 Å². The molecule has 0 aliphatic rings. The van der Waals surface area contributed by atoms with Crippen molar-refractivity contribution in [2.24, 2.45) is 0 Å². The fourth-order valence-corrected chi connectivity index (χ4v) is 1.32. The molecule has 0 unspecified atom stereocenters. The van der Waals surface area contributed by atoms with Gasteiger partial charge in [-0.05, 0) is 30.7 Å². The van der Waals surface area contributed by atoms with Gasteiger partial charge in [-0.25, -0.2) is 8.78 Å². The third-order valence-corrected chi connectivity index (χ3v) is 2.18. The van der Waals surface area contributed by atoms with Crippen LogP contribution in [0.25, 0.3) is 0 Å². The van der Waals surface area contributed by atoms with Gasteiger partial charge in [-0.1, -0.05) is 18.2 Å². The third kappa shape index (κ3) is 2.19. The lowest BCUT2D eigenvalue weighted by atomic mass is 10.2. The van der Waals surface area contributed by atoms with Gasteiger partial charge in [0.05, 0.1) is 0 Å². The van der Waals surface area contributed by atoms with Gasteiger partial charge < -0.3 is 4.74 Å². The van der Waals surface area contributed by atoms with Crippen molar-refractivity contribution in [1.82, 2.24) is 0 Å². The second-order valence-corrected chi connectivity index (χ2v) is 3.45. The van der Waals surface area contributed by atoms with Crippen molar-refractivity contribution in [2.75, 3.05) is 0 Å². The summed E-state index contributed by atoms with van der Waals surface area (Å²) in [5.74, 6) is -0.672. The lowest BCUT2D eigenvalue weighted by molar-refractivity contribution is 0.435. The van der Waals surface area contributed by atoms with E-state index in [9.17, 15) is 8.78 Å². The van der Waals surface area contributed by atoms with Crippen molar-refractivity contribution in [3.63, 3.8) is 0 Å². The number of rotatable bonds is 2. The van der Waals surface area contributed by atoms with Gasteiger partial charge in [0.15, 0.2) is 11.6 Å². The quantitative estimate of drug-likeness (QED) is 0.741. The van der Waals surface area contributed by atoms with Crippen molar-refractivity contribution >= 4 is 0 Å². The Balaban J connectivity index is 2.32. The first-order valence-electron chi connectivity index (χ1n) is 4.85. The number of halogens is 2. The van der Waals surface area contributed by atoms with Crippen LogP contribution in [0, 0.1) is 18.6 Å². The van der Waals surface area contributed by atoms with Gasteiger partial charge >= 0.3 is 0 Å². The van der Waals surface area contributed by atoms with Crippen molar-refractivity contribution in [3.05, 3.63) is 59.7 Å². The molecular weight excluding hydrogens is 210 g/mol. The monoisotopic (exact) mass is 220 g/mol. The lowest BCUT2D eigenvalue weighted by Crippen LogP contribution is -1.92. The highest BCUT2D eigenvalue weighted by atomic mass is 19.1. The van der Waals surface area contributed by atoms with E-state index in [1.807, 2.05) is 6.07 Å². The summed E-state index contributed by atoms with van der Waals surface area (Å²) in [6, 6.07) is 10.9. The molecule has 0 N–H and O–H groups in total. The second-order valence-electron chi connectivity index (χ2n) is 3.45. The fraction of sp³-hybridized carbons (Fsp3) is 0.0769. The molecule has 0 radical (unpaired) electrons. The summed E-state index contributed by atoms with van der Waals surface area (Å²) in [4.78, 5) is 0. The molecule has 0 aliphatic heterocycles. The van der Waals surface area contributed by atoms with E-state index >= 15 is 0 Å². The predicted octanol–water partition coefficient (Wildman–Crippen LogP) is 4.07. The molecule has 0 saturated heterocycles. The maximum Gasteiger partial charge on any atom is 0.166 e. The third-order valence-electron chi connectivity index (χ3n) is 2.18. The lowest BCUT2D eigenvalue weighted by Gasteiger charge is -2.07. The molecule has 2 aromatic rings. The largest absolute Gasteiger partial charge is 0.454 e. The highest BCUT2D eigenvalue weighted by molar-refractivity contribution is 5.34. The zero-order valence-electron chi connectivity index (χ0n) is 8.71. The molecule has 3 heteroatoms. The number of aryl methyl sites for hydroxylation is 1. The Morgan fingerprint density at radius 2 is 1.62 bits per heavy atom. The topological polar surface area (TPSA) is 9.23 Å². The van der Waals surface area contributed by atoms with E-state index in [0.717, 1.165) is 12.1 Å². The molecule has 0 amide bonds. The van der Waals surface area contributed by atoms with Gasteiger partial charge in [0, 0.05) is 6.07 Å². The van der Waals surface area contributed by atoms with E-state index in [2.05, 4.69) is 0 Å². The maximum absolute atomic E-state index is 13.4. The fourth-order valence-electron chi connectivity index (χ4n) is 1.32. The summed E-state index contributed by atoms with van der Waals surface area (Å²) in [6.45, 7) is 1.50. The Morgan fingerprint density at radius 1 is 0.938 bits per heavy atom. The van der Waals surface area contributed by atoms with Gasteiger partial charge in [-0.3, -0.25) is 0 Å². The van der Waals surface area contributed by atoms with Crippen LogP contribution in [-0.4, -0.2) is 0 Å². The van der Waals surface area contributed by atoms with E-state index in [4.69, 9.17) is 4.74 Å². The molecule has 0 bridgehead atoms. The Hall–Kier alpha value is -1.90. The predicted molar refractivity (Wildman–Crippen MR) is 57.6 cm³/mol. The molecule has 2 aromatic carbocycles. The van der Waals surface area contributed by atoms with Gasteiger partial charge in [0.1, 0.15) is 11.6 Å². The molecule has 2 rings (SSSR count). The van der Waals surface area contributed by atoms with Crippen LogP contribution >= 0.6 is 0 Å². The van der Waals surface area contributed by atoms with E-state index in [-0.39, 0.29) is 11.3 Å². The van der Waals surface area contributed by atoms with Crippen molar-refractivity contribution in [2.45, 2.75) is 6.92 Å². The van der Waals surface area contributed by atoms with Crippen molar-refractivity contribution < 1.29 is 13.5 Å². The molecule has 0 fully saturated rings. The van der Waals surface area contributed by atoms with E-state index < -0.39 is 11.6 Å². The number of para-hydroxylation sites is 1. The van der Waals surface area contributed by atoms with Crippen LogP contribution in [0.4, 0.5) is 8.78 Å². The SMILES string of the molecule is Cc1cc(F)c(Oc2ccccc2)cc1F. The van der Waals surface area contributed by atoms with Crippen LogP contribution < -0.4 is 4.74 Å². The molecule has 0 spiro atoms. The highest BCUT2D eigenvalue weighted by Gasteiger charge is 2.08. The summed E-state index contributed by atoms with van der Waals surface area (Å²) < 4.78 is 31.9. The zero-order valence-corrected chi connectivity index (χ0v) is 8.71. The molecule has 1 nitrogen and oxygen atoms in total. The number of benzene rings is 2. The van der Waals surface area contributed by atoms with Crippen LogP contribution in [0.2, 0.25) is 0 Å². The smallest absolute Gasteiger partial charge is 0.166 e. The van der Waals surface area contributed by atoms with E-state index in [1.54, 1.807) is 24.3 Å². The van der Waals surface area contributed by atoms with E-state index in [1.165, 1.54) is 6.92 Å². The molecule has 0 aliphatic carbocycles. The summed E-state index contributed by atoms with van der Waals surface area (Å²) in [5, 5.41) is 0. The first-order chi connectivity index (χ1) is 7.66. The summed E-state index contributed by atoms with van der Waals surface area (Å²) in [7, 11) is 0. The van der Waals surface area contributed by atoms with Crippen LogP contribution in [0.1, 0.15) is 5.56 Å². The average molecular weight is 220 g/mol. The number of hydrogen-bond acceptors (Lipinski definition) is 1. The Kier molecular flexibility index (Phi) is 2.86. The molecule has 0 aromatic heterocycles. The summed E-state index contributed by atoms with van der Waals surface area (Å²) in [5.41, 5.74) is 0.262. The van der Waals surface area contributed by atoms with Crippen molar-refractivity contribution in [1.29, 1.82) is 0 Å². The van der Waals surface area contributed by atoms with Crippen LogP contribution in [-0.2, 0) is 0 Å². The van der Waals surface area contributed by atoms with Gasteiger partial charge in [0.25, 0.3) is 0 Å². The van der Waals surface area contributed by atoms with Crippen LogP contribution in [0.15, 0.2) is 42.5 Å². The van der Waals surface area contributed by atoms with Gasteiger partial charge in [-0.15, -0.1) is 0 Å². The minimum atomic E-state index is -0.567. The molecule has 0 heterocycles. The minimum absolute atomic E-state index is 0.102. The molecule has 82 valence electrons. The van der Waals surface area contributed by atoms with Crippen LogP contribution in [0.3, 0.4) is 0 Å². The minimum Gasteiger partial charge on any atom is -0.454 e. The first kappa shape index (κ1) is 10.6. The standard InChI is InChI=1S/C13H10F2O/c1-9-7-12(15)13(8-11(9)14)16-10-5-3-2-4-6-10/h2-8H,1H3. The molecule has 0 saturated carbocycles. The first-order valence-corrected chi connectivity index (χ1v) is 4.85.